The van der Waals surface area contributed by atoms with Crippen molar-refractivity contribution in [2.75, 3.05) is 5.75 Å². The number of sulfonamides is 1. The molecule has 0 aliphatic heterocycles. The van der Waals surface area contributed by atoms with Gasteiger partial charge in [-0.05, 0) is 17.9 Å². The summed E-state index contributed by atoms with van der Waals surface area (Å²) in [5, 5.41) is 6.45. The minimum absolute atomic E-state index is 0.0305. The first-order valence-corrected chi connectivity index (χ1v) is 6.89. The molecule has 0 spiro atoms. The van der Waals surface area contributed by atoms with E-state index in [1.807, 2.05) is 20.8 Å². The molecule has 0 saturated heterocycles. The van der Waals surface area contributed by atoms with Crippen molar-refractivity contribution < 1.29 is 8.42 Å². The molecule has 2 N–H and O–H groups in total. The van der Waals surface area contributed by atoms with Gasteiger partial charge >= 0.3 is 0 Å². The van der Waals surface area contributed by atoms with Crippen LogP contribution in [0.3, 0.4) is 0 Å². The predicted octanol–water partition coefficient (Wildman–Crippen LogP) is 1.27. The molecule has 0 aliphatic carbocycles. The summed E-state index contributed by atoms with van der Waals surface area (Å²) in [7, 11) is -3.19. The molecular weight excluding hydrogens is 226 g/mol. The van der Waals surface area contributed by atoms with Crippen LogP contribution >= 0.6 is 0 Å². The third kappa shape index (κ3) is 5.27. The zero-order valence-corrected chi connectivity index (χ0v) is 10.8. The SMILES string of the molecule is CC(C)(C)CCS(=O)(=O)NCc1ccn[nH]1. The molecule has 5 nitrogen and oxygen atoms in total. The van der Waals surface area contributed by atoms with Gasteiger partial charge in [0, 0.05) is 6.20 Å². The van der Waals surface area contributed by atoms with Gasteiger partial charge in [0.15, 0.2) is 0 Å². The predicted molar refractivity (Wildman–Crippen MR) is 63.3 cm³/mol. The molecular formula is C10H19N3O2S. The Morgan fingerprint density at radius 1 is 1.44 bits per heavy atom. The summed E-state index contributed by atoms with van der Waals surface area (Å²) < 4.78 is 25.8. The fourth-order valence-electron chi connectivity index (χ4n) is 1.08. The fraction of sp³-hybridized carbons (Fsp3) is 0.700. The quantitative estimate of drug-likeness (QED) is 0.820. The highest BCUT2D eigenvalue weighted by atomic mass is 32.2. The minimum Gasteiger partial charge on any atom is -0.281 e. The van der Waals surface area contributed by atoms with Crippen molar-refractivity contribution >= 4 is 10.0 Å². The zero-order chi connectivity index (χ0) is 12.2. The van der Waals surface area contributed by atoms with Crippen LogP contribution in [-0.4, -0.2) is 24.4 Å². The normalized spacial score (nSPS) is 12.9. The van der Waals surface area contributed by atoms with Crippen molar-refractivity contribution in [3.05, 3.63) is 18.0 Å². The average Bonchev–Trinajstić information content (AvgIpc) is 2.64. The van der Waals surface area contributed by atoms with Gasteiger partial charge < -0.3 is 0 Å². The molecule has 0 saturated carbocycles. The summed E-state index contributed by atoms with van der Waals surface area (Å²) >= 11 is 0. The number of aromatic amines is 1. The van der Waals surface area contributed by atoms with E-state index < -0.39 is 10.0 Å². The number of aromatic nitrogens is 2. The van der Waals surface area contributed by atoms with Crippen LogP contribution in [0.2, 0.25) is 0 Å². The number of H-pyrrole nitrogens is 1. The maximum absolute atomic E-state index is 11.6. The van der Waals surface area contributed by atoms with Crippen LogP contribution < -0.4 is 4.72 Å². The van der Waals surface area contributed by atoms with Crippen molar-refractivity contribution in [3.63, 3.8) is 0 Å². The Kier molecular flexibility index (Phi) is 4.09. The van der Waals surface area contributed by atoms with Gasteiger partial charge in [-0.15, -0.1) is 0 Å². The van der Waals surface area contributed by atoms with Gasteiger partial charge in [0.05, 0.1) is 18.0 Å². The van der Waals surface area contributed by atoms with Crippen LogP contribution in [0, 0.1) is 5.41 Å². The minimum atomic E-state index is -3.19. The third-order valence-corrected chi connectivity index (χ3v) is 3.49. The lowest BCUT2D eigenvalue weighted by atomic mass is 9.94. The number of nitrogens with zero attached hydrogens (tertiary/aromatic N) is 1. The second kappa shape index (κ2) is 4.97. The fourth-order valence-corrected chi connectivity index (χ4v) is 2.48. The number of hydrogen-bond donors (Lipinski definition) is 2. The van der Waals surface area contributed by atoms with Gasteiger partial charge in [0.1, 0.15) is 0 Å². The lowest BCUT2D eigenvalue weighted by Gasteiger charge is -2.17. The van der Waals surface area contributed by atoms with Gasteiger partial charge in [-0.3, -0.25) is 5.10 Å². The lowest BCUT2D eigenvalue weighted by molar-refractivity contribution is 0.396. The Labute approximate surface area is 96.7 Å². The highest BCUT2D eigenvalue weighted by Gasteiger charge is 2.17. The smallest absolute Gasteiger partial charge is 0.211 e. The molecule has 92 valence electrons. The summed E-state index contributed by atoms with van der Waals surface area (Å²) in [5.41, 5.74) is 0.794. The molecule has 0 aliphatic rings. The van der Waals surface area contributed by atoms with Crippen molar-refractivity contribution in [2.24, 2.45) is 5.41 Å². The molecule has 0 amide bonds. The first-order valence-electron chi connectivity index (χ1n) is 5.24. The van der Waals surface area contributed by atoms with Crippen LogP contribution in [-0.2, 0) is 16.6 Å². The molecule has 0 fully saturated rings. The van der Waals surface area contributed by atoms with Gasteiger partial charge in [-0.25, -0.2) is 13.1 Å². The Hall–Kier alpha value is -0.880. The molecule has 1 heterocycles. The Morgan fingerprint density at radius 3 is 2.62 bits per heavy atom. The van der Waals surface area contributed by atoms with Crippen molar-refractivity contribution in [2.45, 2.75) is 33.7 Å². The van der Waals surface area contributed by atoms with Crippen molar-refractivity contribution in [3.8, 4) is 0 Å². The van der Waals surface area contributed by atoms with E-state index in [1.165, 1.54) is 0 Å². The monoisotopic (exact) mass is 245 g/mol. The highest BCUT2D eigenvalue weighted by molar-refractivity contribution is 7.89. The molecule has 0 bridgehead atoms. The van der Waals surface area contributed by atoms with Crippen LogP contribution in [0.4, 0.5) is 0 Å². The maximum Gasteiger partial charge on any atom is 0.211 e. The lowest BCUT2D eigenvalue weighted by Crippen LogP contribution is -2.28. The second-order valence-corrected chi connectivity index (χ2v) is 6.96. The van der Waals surface area contributed by atoms with E-state index in [2.05, 4.69) is 14.9 Å². The van der Waals surface area contributed by atoms with Gasteiger partial charge in [-0.2, -0.15) is 5.10 Å². The standard InChI is InChI=1S/C10H19N3O2S/c1-10(2,3)5-7-16(14,15)12-8-9-4-6-11-13-9/h4,6,12H,5,7-8H2,1-3H3,(H,11,13). The molecule has 0 unspecified atom stereocenters. The van der Waals surface area contributed by atoms with Crippen molar-refractivity contribution in [1.82, 2.24) is 14.9 Å². The molecule has 16 heavy (non-hydrogen) atoms. The van der Waals surface area contributed by atoms with E-state index in [4.69, 9.17) is 0 Å². The average molecular weight is 245 g/mol. The summed E-state index contributed by atoms with van der Waals surface area (Å²) in [5.74, 6) is 0.157. The summed E-state index contributed by atoms with van der Waals surface area (Å²) in [6.07, 6.45) is 2.24. The number of rotatable bonds is 5. The van der Waals surface area contributed by atoms with Gasteiger partial charge in [0.2, 0.25) is 10.0 Å². The number of hydrogen-bond acceptors (Lipinski definition) is 3. The van der Waals surface area contributed by atoms with E-state index in [1.54, 1.807) is 12.3 Å². The highest BCUT2D eigenvalue weighted by Crippen LogP contribution is 2.18. The molecule has 1 aromatic rings. The molecule has 6 heteroatoms. The Morgan fingerprint density at radius 2 is 2.12 bits per heavy atom. The summed E-state index contributed by atoms with van der Waals surface area (Å²) in [6, 6.07) is 1.74. The zero-order valence-electron chi connectivity index (χ0n) is 9.95. The van der Waals surface area contributed by atoms with Crippen LogP contribution in [0.15, 0.2) is 12.3 Å². The number of nitrogens with one attached hydrogen (secondary N) is 2. The van der Waals surface area contributed by atoms with Crippen LogP contribution in [0.5, 0.6) is 0 Å². The molecule has 0 radical (unpaired) electrons. The molecule has 1 aromatic heterocycles. The van der Waals surface area contributed by atoms with Gasteiger partial charge in [0.25, 0.3) is 0 Å². The van der Waals surface area contributed by atoms with Crippen LogP contribution in [0.25, 0.3) is 0 Å². The summed E-state index contributed by atoms with van der Waals surface area (Å²) in [4.78, 5) is 0. The molecule has 1 rings (SSSR count). The van der Waals surface area contributed by atoms with Gasteiger partial charge in [-0.1, -0.05) is 20.8 Å². The third-order valence-electron chi connectivity index (χ3n) is 2.16. The second-order valence-electron chi connectivity index (χ2n) is 5.03. The Bertz CT molecular complexity index is 404. The van der Waals surface area contributed by atoms with Crippen molar-refractivity contribution in [1.29, 1.82) is 0 Å². The van der Waals surface area contributed by atoms with Crippen LogP contribution in [0.1, 0.15) is 32.9 Å². The maximum atomic E-state index is 11.6. The van der Waals surface area contributed by atoms with E-state index in [-0.39, 0.29) is 17.7 Å². The largest absolute Gasteiger partial charge is 0.281 e. The molecule has 0 aromatic carbocycles. The first kappa shape index (κ1) is 13.2. The molecule has 0 atom stereocenters. The van der Waals surface area contributed by atoms with E-state index >= 15 is 0 Å². The van der Waals surface area contributed by atoms with E-state index in [0.29, 0.717) is 6.42 Å². The van der Waals surface area contributed by atoms with E-state index in [0.717, 1.165) is 5.69 Å². The van der Waals surface area contributed by atoms with E-state index in [9.17, 15) is 8.42 Å². The Balaban J connectivity index is 2.41. The first-order chi connectivity index (χ1) is 7.29. The topological polar surface area (TPSA) is 74.8 Å². The summed E-state index contributed by atoms with van der Waals surface area (Å²) in [6.45, 7) is 6.35.